The highest BCUT2D eigenvalue weighted by Crippen LogP contribution is 2.24. The summed E-state index contributed by atoms with van der Waals surface area (Å²) in [5, 5.41) is 2.93. The minimum absolute atomic E-state index is 0.0314. The zero-order valence-electron chi connectivity index (χ0n) is 12.3. The molecule has 0 spiro atoms. The third-order valence-electron chi connectivity index (χ3n) is 4.04. The van der Waals surface area contributed by atoms with E-state index in [-0.39, 0.29) is 6.03 Å². The summed E-state index contributed by atoms with van der Waals surface area (Å²) in [6.45, 7) is 1.38. The Morgan fingerprint density at radius 3 is 2.50 bits per heavy atom. The first-order valence-corrected chi connectivity index (χ1v) is 7.50. The summed E-state index contributed by atoms with van der Waals surface area (Å²) in [6.07, 6.45) is 6.47. The van der Waals surface area contributed by atoms with Gasteiger partial charge in [-0.05, 0) is 36.5 Å². The highest BCUT2D eigenvalue weighted by Gasteiger charge is 2.18. The van der Waals surface area contributed by atoms with E-state index in [1.54, 1.807) is 4.90 Å². The maximum Gasteiger partial charge on any atom is 0.321 e. The van der Waals surface area contributed by atoms with Gasteiger partial charge in [0.25, 0.3) is 0 Å². The molecular formula is C16H25N3O. The van der Waals surface area contributed by atoms with Gasteiger partial charge in [0.2, 0.25) is 0 Å². The average molecular weight is 275 g/mol. The first-order valence-electron chi connectivity index (χ1n) is 7.50. The molecule has 4 nitrogen and oxygen atoms in total. The number of nitrogens with zero attached hydrogens (tertiary/aromatic N) is 1. The van der Waals surface area contributed by atoms with Crippen LogP contribution in [-0.2, 0) is 6.54 Å². The summed E-state index contributed by atoms with van der Waals surface area (Å²) < 4.78 is 0. The van der Waals surface area contributed by atoms with Crippen molar-refractivity contribution in [2.24, 2.45) is 11.7 Å². The Kier molecular flexibility index (Phi) is 5.41. The number of anilines is 1. The van der Waals surface area contributed by atoms with Gasteiger partial charge in [-0.3, -0.25) is 0 Å². The minimum atomic E-state index is -0.0314. The lowest BCUT2D eigenvalue weighted by molar-refractivity contribution is 0.205. The van der Waals surface area contributed by atoms with Crippen LogP contribution in [0.15, 0.2) is 24.3 Å². The molecule has 2 amide bonds. The number of urea groups is 1. The van der Waals surface area contributed by atoms with Gasteiger partial charge in [0.1, 0.15) is 0 Å². The Morgan fingerprint density at radius 2 is 1.90 bits per heavy atom. The molecule has 0 heterocycles. The average Bonchev–Trinajstić information content (AvgIpc) is 2.49. The number of amides is 2. The molecule has 0 aromatic heterocycles. The van der Waals surface area contributed by atoms with Crippen molar-refractivity contribution in [3.05, 3.63) is 29.8 Å². The van der Waals surface area contributed by atoms with Crippen molar-refractivity contribution in [2.45, 2.75) is 38.6 Å². The number of benzene rings is 1. The van der Waals surface area contributed by atoms with E-state index in [9.17, 15) is 4.79 Å². The van der Waals surface area contributed by atoms with E-state index in [1.807, 2.05) is 31.3 Å². The quantitative estimate of drug-likeness (QED) is 0.886. The SMILES string of the molecule is CN(CC1CCCCC1)C(=O)Nc1ccc(CN)cc1. The first kappa shape index (κ1) is 14.9. The van der Waals surface area contributed by atoms with Crippen molar-refractivity contribution in [1.29, 1.82) is 0 Å². The van der Waals surface area contributed by atoms with E-state index in [4.69, 9.17) is 5.73 Å². The topological polar surface area (TPSA) is 58.4 Å². The van der Waals surface area contributed by atoms with Crippen LogP contribution in [0.1, 0.15) is 37.7 Å². The van der Waals surface area contributed by atoms with Gasteiger partial charge in [0.05, 0.1) is 0 Å². The summed E-state index contributed by atoms with van der Waals surface area (Å²) in [7, 11) is 1.87. The molecule has 0 radical (unpaired) electrons. The number of carbonyl (C=O) groups is 1. The third kappa shape index (κ3) is 4.23. The largest absolute Gasteiger partial charge is 0.327 e. The number of hydrogen-bond acceptors (Lipinski definition) is 2. The van der Waals surface area contributed by atoms with Gasteiger partial charge in [-0.15, -0.1) is 0 Å². The van der Waals surface area contributed by atoms with Crippen LogP contribution in [0.4, 0.5) is 10.5 Å². The molecule has 1 aliphatic rings. The van der Waals surface area contributed by atoms with Crippen molar-refractivity contribution in [2.75, 3.05) is 18.9 Å². The van der Waals surface area contributed by atoms with E-state index in [1.165, 1.54) is 32.1 Å². The van der Waals surface area contributed by atoms with Gasteiger partial charge >= 0.3 is 6.03 Å². The van der Waals surface area contributed by atoms with Crippen molar-refractivity contribution in [3.63, 3.8) is 0 Å². The lowest BCUT2D eigenvalue weighted by Gasteiger charge is -2.27. The maximum atomic E-state index is 12.1. The van der Waals surface area contributed by atoms with E-state index < -0.39 is 0 Å². The molecule has 0 saturated heterocycles. The highest BCUT2D eigenvalue weighted by molar-refractivity contribution is 5.89. The fourth-order valence-corrected chi connectivity index (χ4v) is 2.78. The molecule has 1 aromatic rings. The van der Waals surface area contributed by atoms with Crippen LogP contribution in [0.25, 0.3) is 0 Å². The van der Waals surface area contributed by atoms with Crippen molar-refractivity contribution in [3.8, 4) is 0 Å². The molecule has 1 aliphatic carbocycles. The van der Waals surface area contributed by atoms with Crippen LogP contribution in [0, 0.1) is 5.92 Å². The van der Waals surface area contributed by atoms with Crippen molar-refractivity contribution < 1.29 is 4.79 Å². The Bertz CT molecular complexity index is 424. The molecule has 0 unspecified atom stereocenters. The summed E-state index contributed by atoms with van der Waals surface area (Å²) in [4.78, 5) is 13.9. The monoisotopic (exact) mass is 275 g/mol. The van der Waals surface area contributed by atoms with E-state index >= 15 is 0 Å². The van der Waals surface area contributed by atoms with Gasteiger partial charge in [-0.2, -0.15) is 0 Å². The molecular weight excluding hydrogens is 250 g/mol. The van der Waals surface area contributed by atoms with Crippen LogP contribution in [-0.4, -0.2) is 24.5 Å². The smallest absolute Gasteiger partial charge is 0.321 e. The second kappa shape index (κ2) is 7.29. The summed E-state index contributed by atoms with van der Waals surface area (Å²) in [5.41, 5.74) is 7.45. The molecule has 0 bridgehead atoms. The van der Waals surface area contributed by atoms with Crippen LogP contribution in [0.2, 0.25) is 0 Å². The predicted octanol–water partition coefficient (Wildman–Crippen LogP) is 3.19. The molecule has 20 heavy (non-hydrogen) atoms. The minimum Gasteiger partial charge on any atom is -0.327 e. The fourth-order valence-electron chi connectivity index (χ4n) is 2.78. The summed E-state index contributed by atoms with van der Waals surface area (Å²) >= 11 is 0. The van der Waals surface area contributed by atoms with E-state index in [0.29, 0.717) is 12.5 Å². The van der Waals surface area contributed by atoms with Gasteiger partial charge in [-0.25, -0.2) is 4.79 Å². The molecule has 1 aromatic carbocycles. The molecule has 0 atom stereocenters. The molecule has 4 heteroatoms. The summed E-state index contributed by atoms with van der Waals surface area (Å²) in [6, 6.07) is 7.65. The first-order chi connectivity index (χ1) is 9.69. The van der Waals surface area contributed by atoms with Crippen LogP contribution < -0.4 is 11.1 Å². The van der Waals surface area contributed by atoms with Gasteiger partial charge in [-0.1, -0.05) is 31.4 Å². The van der Waals surface area contributed by atoms with Crippen molar-refractivity contribution in [1.82, 2.24) is 4.90 Å². The number of rotatable bonds is 4. The van der Waals surface area contributed by atoms with Crippen LogP contribution >= 0.6 is 0 Å². The summed E-state index contributed by atoms with van der Waals surface area (Å²) in [5.74, 6) is 0.666. The lowest BCUT2D eigenvalue weighted by atomic mass is 9.89. The molecule has 3 N–H and O–H groups in total. The Hall–Kier alpha value is -1.55. The zero-order chi connectivity index (χ0) is 14.4. The Labute approximate surface area is 121 Å². The standard InChI is InChI=1S/C16H25N3O/c1-19(12-14-5-3-2-4-6-14)16(20)18-15-9-7-13(11-17)8-10-15/h7-10,14H,2-6,11-12,17H2,1H3,(H,18,20). The lowest BCUT2D eigenvalue weighted by Crippen LogP contribution is -2.35. The number of nitrogens with two attached hydrogens (primary N) is 1. The Morgan fingerprint density at radius 1 is 1.25 bits per heavy atom. The molecule has 1 fully saturated rings. The van der Waals surface area contributed by atoms with Crippen LogP contribution in [0.3, 0.4) is 0 Å². The number of nitrogens with one attached hydrogen (secondary N) is 1. The molecule has 0 aliphatic heterocycles. The van der Waals surface area contributed by atoms with Crippen molar-refractivity contribution >= 4 is 11.7 Å². The van der Waals surface area contributed by atoms with Crippen LogP contribution in [0.5, 0.6) is 0 Å². The third-order valence-corrected chi connectivity index (χ3v) is 4.04. The number of carbonyl (C=O) groups excluding carboxylic acids is 1. The second-order valence-corrected chi connectivity index (χ2v) is 5.72. The maximum absolute atomic E-state index is 12.1. The normalized spacial score (nSPS) is 15.9. The van der Waals surface area contributed by atoms with Gasteiger partial charge in [0.15, 0.2) is 0 Å². The predicted molar refractivity (Wildman–Crippen MR) is 82.6 cm³/mol. The second-order valence-electron chi connectivity index (χ2n) is 5.72. The van der Waals surface area contributed by atoms with E-state index in [0.717, 1.165) is 17.8 Å². The van der Waals surface area contributed by atoms with E-state index in [2.05, 4.69) is 5.32 Å². The highest BCUT2D eigenvalue weighted by atomic mass is 16.2. The number of hydrogen-bond donors (Lipinski definition) is 2. The molecule has 110 valence electrons. The zero-order valence-corrected chi connectivity index (χ0v) is 12.3. The fraction of sp³-hybridized carbons (Fsp3) is 0.562. The van der Waals surface area contributed by atoms with Gasteiger partial charge < -0.3 is 16.0 Å². The molecule has 1 saturated carbocycles. The van der Waals surface area contributed by atoms with Gasteiger partial charge in [0, 0.05) is 25.8 Å². The molecule has 2 rings (SSSR count). The Balaban J connectivity index is 1.83.